The van der Waals surface area contributed by atoms with E-state index in [4.69, 9.17) is 27.5 Å². The van der Waals surface area contributed by atoms with Crippen LogP contribution in [0.15, 0.2) is 70.1 Å². The van der Waals surface area contributed by atoms with Crippen LogP contribution in [0.2, 0.25) is 0 Å². The first kappa shape index (κ1) is 44.7. The summed E-state index contributed by atoms with van der Waals surface area (Å²) >= 11 is 0. The van der Waals surface area contributed by atoms with Crippen LogP contribution >= 0.6 is 0 Å². The van der Waals surface area contributed by atoms with Gasteiger partial charge < -0.3 is 104 Å². The average Bonchev–Trinajstić information content (AvgIpc) is 3.30. The van der Waals surface area contributed by atoms with Crippen LogP contribution in [-0.4, -0.2) is 121 Å². The second-order valence-corrected chi connectivity index (χ2v) is 16.1. The highest BCUT2D eigenvalue weighted by Crippen LogP contribution is 2.55. The van der Waals surface area contributed by atoms with E-state index in [0.717, 1.165) is 30.3 Å². The molecule has 4 heterocycles. The number of fused-ring (bicyclic) bond motifs is 6. The van der Waals surface area contributed by atoms with Gasteiger partial charge in [-0.1, -0.05) is 0 Å². The van der Waals surface area contributed by atoms with E-state index in [1.165, 1.54) is 13.2 Å². The minimum atomic E-state index is -2.19. The van der Waals surface area contributed by atoms with Crippen molar-refractivity contribution in [3.63, 3.8) is 0 Å². The van der Waals surface area contributed by atoms with Gasteiger partial charge in [-0.3, -0.25) is 14.4 Å². The zero-order valence-corrected chi connectivity index (χ0v) is 35.0. The Labute approximate surface area is 383 Å². The Bertz CT molecular complexity index is 3980. The number of phenols is 11. The standard InChI is InChI=1S/C46H32O24/c1-65-10-2-16(50)26-21(3-10)67-42-18(52)5-12(32(55)28(42)36(26)59)24-17(51)8-22-27(35(24)58)37(60)29-33(56)13(6-19(53)43(29)68-22)25-38(61)45(70-46-41(64)40(63)34(57)23(9-47)69-46)39(62)30-31(54)11-4-14(48)15(49)7-20(11)66-44(25)30/h2-8,23,34,40-41,46-53,55-58,61-64H,9H2,1H3. The van der Waals surface area contributed by atoms with Gasteiger partial charge in [-0.2, -0.15) is 0 Å². The fraction of sp³-hybridized carbons (Fsp3) is 0.152. The lowest BCUT2D eigenvalue weighted by Gasteiger charge is -2.39. The van der Waals surface area contributed by atoms with Crippen molar-refractivity contribution in [1.82, 2.24) is 0 Å². The van der Waals surface area contributed by atoms with Crippen LogP contribution in [0.25, 0.3) is 88.1 Å². The van der Waals surface area contributed by atoms with Crippen LogP contribution in [0, 0.1) is 0 Å². The molecule has 0 amide bonds. The van der Waals surface area contributed by atoms with Gasteiger partial charge in [0.2, 0.25) is 28.3 Å². The Hall–Kier alpha value is -9.07. The number of rotatable bonds is 6. The minimum Gasteiger partial charge on any atom is -0.507 e. The molecular weight excluding hydrogens is 936 g/mol. The summed E-state index contributed by atoms with van der Waals surface area (Å²) in [7, 11) is 1.26. The molecule has 0 spiro atoms. The lowest BCUT2D eigenvalue weighted by molar-refractivity contribution is -0.277. The molecule has 6 aromatic carbocycles. The van der Waals surface area contributed by atoms with Crippen LogP contribution in [0.5, 0.6) is 74.7 Å². The summed E-state index contributed by atoms with van der Waals surface area (Å²) in [6, 6.07) is 5.91. The second kappa shape index (κ2) is 15.5. The van der Waals surface area contributed by atoms with E-state index in [1.54, 1.807) is 0 Å². The van der Waals surface area contributed by atoms with Gasteiger partial charge in [0.15, 0.2) is 51.2 Å². The van der Waals surface area contributed by atoms with Crippen molar-refractivity contribution < 1.29 is 104 Å². The summed E-state index contributed by atoms with van der Waals surface area (Å²) in [5, 5.41) is 161. The monoisotopic (exact) mass is 968 g/mol. The third-order valence-electron chi connectivity index (χ3n) is 12.1. The summed E-state index contributed by atoms with van der Waals surface area (Å²) in [6.07, 6.45) is -9.94. The summed E-state index contributed by atoms with van der Waals surface area (Å²) in [5.74, 6) is -12.4. The van der Waals surface area contributed by atoms with E-state index in [0.29, 0.717) is 6.07 Å². The molecule has 5 atom stereocenters. The highest BCUT2D eigenvalue weighted by molar-refractivity contribution is 6.11. The van der Waals surface area contributed by atoms with E-state index in [-0.39, 0.29) is 11.3 Å². The van der Waals surface area contributed by atoms with Crippen LogP contribution in [0.3, 0.4) is 0 Å². The number of aromatic hydroxyl groups is 11. The fourth-order valence-electron chi connectivity index (χ4n) is 8.66. The second-order valence-electron chi connectivity index (χ2n) is 16.1. The van der Waals surface area contributed by atoms with Crippen molar-refractivity contribution in [2.24, 2.45) is 0 Å². The SMILES string of the molecule is COc1cc(O)c2c(=O)c3c(O)c(-c4c(O)cc5oc6c(O)cc(-c7c(O)c(OC8OC(CO)C(O)C(O)C8O)c(O)c8c(=O)c9cc(O)c(O)cc9oc78)c(O)c6c(=O)c5c4O)cc(O)c3oc2c1. The van der Waals surface area contributed by atoms with Crippen molar-refractivity contribution in [2.75, 3.05) is 13.7 Å². The topological polar surface area (TPSA) is 422 Å². The van der Waals surface area contributed by atoms with Crippen molar-refractivity contribution in [2.45, 2.75) is 30.7 Å². The number of phenolic OH excluding ortho intramolecular Hbond substituents is 11. The Morgan fingerprint density at radius 3 is 1.64 bits per heavy atom. The Morgan fingerprint density at radius 2 is 1.03 bits per heavy atom. The molecule has 24 heteroatoms. The summed E-state index contributed by atoms with van der Waals surface area (Å²) in [6.45, 7) is -0.960. The molecular formula is C46H32O24. The first-order valence-corrected chi connectivity index (χ1v) is 20.2. The molecule has 1 aliphatic rings. The predicted molar refractivity (Wildman–Crippen MR) is 237 cm³/mol. The molecule has 9 aromatic rings. The molecule has 15 N–H and O–H groups in total. The van der Waals surface area contributed by atoms with Gasteiger partial charge >= 0.3 is 0 Å². The third kappa shape index (κ3) is 6.18. The molecule has 0 radical (unpaired) electrons. The van der Waals surface area contributed by atoms with Crippen LogP contribution < -0.4 is 25.8 Å². The van der Waals surface area contributed by atoms with Crippen molar-refractivity contribution >= 4 is 65.8 Å². The van der Waals surface area contributed by atoms with Gasteiger partial charge in [0.05, 0.1) is 30.2 Å². The maximum atomic E-state index is 14.6. The number of hydrogen-bond donors (Lipinski definition) is 15. The zero-order chi connectivity index (χ0) is 50.3. The Balaban J connectivity index is 1.24. The van der Waals surface area contributed by atoms with Gasteiger partial charge in [-0.25, -0.2) is 0 Å². The number of ether oxygens (including phenoxy) is 3. The summed E-state index contributed by atoms with van der Waals surface area (Å²) < 4.78 is 33.2. The van der Waals surface area contributed by atoms with E-state index < -0.39 is 205 Å². The Morgan fingerprint density at radius 1 is 0.486 bits per heavy atom. The molecule has 0 bridgehead atoms. The van der Waals surface area contributed by atoms with Gasteiger partial charge in [-0.05, 0) is 18.2 Å². The molecule has 1 aliphatic heterocycles. The predicted octanol–water partition coefficient (Wildman–Crippen LogP) is 2.75. The molecule has 5 unspecified atom stereocenters. The maximum Gasteiger partial charge on any atom is 0.229 e. The van der Waals surface area contributed by atoms with E-state index in [9.17, 15) is 91.0 Å². The largest absolute Gasteiger partial charge is 0.507 e. The van der Waals surface area contributed by atoms with E-state index in [1.807, 2.05) is 0 Å². The van der Waals surface area contributed by atoms with Gasteiger partial charge in [0, 0.05) is 35.4 Å². The van der Waals surface area contributed by atoms with Crippen LogP contribution in [0.1, 0.15) is 0 Å². The van der Waals surface area contributed by atoms with Gasteiger partial charge in [0.25, 0.3) is 0 Å². The quantitative estimate of drug-likeness (QED) is 0.0647. The van der Waals surface area contributed by atoms with Crippen molar-refractivity contribution in [3.8, 4) is 97.0 Å². The first-order valence-electron chi connectivity index (χ1n) is 20.2. The van der Waals surface area contributed by atoms with Crippen LogP contribution in [-0.2, 0) is 4.74 Å². The normalized spacial score (nSPS) is 18.4. The smallest absolute Gasteiger partial charge is 0.229 e. The fourth-order valence-corrected chi connectivity index (χ4v) is 8.66. The zero-order valence-electron chi connectivity index (χ0n) is 35.0. The molecule has 1 saturated heterocycles. The lowest BCUT2D eigenvalue weighted by Crippen LogP contribution is -2.60. The highest BCUT2D eigenvalue weighted by atomic mass is 16.7. The molecule has 3 aromatic heterocycles. The average molecular weight is 969 g/mol. The summed E-state index contributed by atoms with van der Waals surface area (Å²) in [5.41, 5.74) is -10.8. The molecule has 1 fully saturated rings. The highest BCUT2D eigenvalue weighted by Gasteiger charge is 2.46. The Kier molecular flexibility index (Phi) is 9.90. The molecule has 24 nitrogen and oxygen atoms in total. The number of benzene rings is 6. The number of hydrogen-bond acceptors (Lipinski definition) is 24. The number of aliphatic hydroxyl groups excluding tert-OH is 4. The molecule has 0 saturated carbocycles. The minimum absolute atomic E-state index is 0.0544. The first-order chi connectivity index (χ1) is 33.2. The number of methoxy groups -OCH3 is 1. The third-order valence-corrected chi connectivity index (χ3v) is 12.1. The van der Waals surface area contributed by atoms with E-state index >= 15 is 0 Å². The van der Waals surface area contributed by atoms with Gasteiger partial charge in [0.1, 0.15) is 103 Å². The van der Waals surface area contributed by atoms with E-state index in [2.05, 4.69) is 0 Å². The molecule has 0 aliphatic carbocycles. The van der Waals surface area contributed by atoms with Crippen molar-refractivity contribution in [1.29, 1.82) is 0 Å². The number of aliphatic hydroxyl groups is 4. The van der Waals surface area contributed by atoms with Gasteiger partial charge in [-0.15, -0.1) is 0 Å². The molecule has 70 heavy (non-hydrogen) atoms. The summed E-state index contributed by atoms with van der Waals surface area (Å²) in [4.78, 5) is 42.6. The maximum absolute atomic E-state index is 14.6. The van der Waals surface area contributed by atoms with Crippen molar-refractivity contribution in [3.05, 3.63) is 73.1 Å². The molecule has 10 rings (SSSR count). The van der Waals surface area contributed by atoms with Crippen LogP contribution in [0.4, 0.5) is 0 Å². The lowest BCUT2D eigenvalue weighted by atomic mass is 9.94. The molecule has 360 valence electrons.